The Bertz CT molecular complexity index is 368. The van der Waals surface area contributed by atoms with Crippen LogP contribution in [-0.4, -0.2) is 34.7 Å². The van der Waals surface area contributed by atoms with Crippen LogP contribution in [0.3, 0.4) is 0 Å². The van der Waals surface area contributed by atoms with Gasteiger partial charge in [-0.15, -0.1) is 0 Å². The zero-order valence-corrected chi connectivity index (χ0v) is 11.5. The van der Waals surface area contributed by atoms with E-state index in [0.717, 1.165) is 18.5 Å². The second-order valence-electron chi connectivity index (χ2n) is 4.69. The van der Waals surface area contributed by atoms with Crippen molar-refractivity contribution in [1.29, 1.82) is 0 Å². The predicted molar refractivity (Wildman–Crippen MR) is 72.7 cm³/mol. The smallest absolute Gasteiger partial charge is 0.126 e. The summed E-state index contributed by atoms with van der Waals surface area (Å²) in [6.07, 6.45) is 0.935. The molecule has 0 amide bonds. The molecule has 0 aliphatic heterocycles. The van der Waals surface area contributed by atoms with Gasteiger partial charge in [-0.2, -0.15) is 0 Å². The third-order valence-corrected chi connectivity index (χ3v) is 2.78. The molecule has 0 heterocycles. The van der Waals surface area contributed by atoms with Crippen molar-refractivity contribution in [1.82, 2.24) is 5.32 Å². The van der Waals surface area contributed by atoms with Gasteiger partial charge in [-0.25, -0.2) is 0 Å². The molecule has 0 atom stereocenters. The maximum Gasteiger partial charge on any atom is 0.126 e. The number of aliphatic hydroxyl groups is 2. The SMILES string of the molecule is CC(C)OCNCCc1cc(CO)c(O)c(CO)c1. The number of ether oxygens (including phenoxy) is 1. The number of hydrogen-bond donors (Lipinski definition) is 4. The Morgan fingerprint density at radius 3 is 2.21 bits per heavy atom. The summed E-state index contributed by atoms with van der Waals surface area (Å²) in [7, 11) is 0. The van der Waals surface area contributed by atoms with Gasteiger partial charge in [0.15, 0.2) is 0 Å². The van der Waals surface area contributed by atoms with E-state index in [1.165, 1.54) is 0 Å². The Morgan fingerprint density at radius 2 is 1.74 bits per heavy atom. The summed E-state index contributed by atoms with van der Waals surface area (Å²) in [4.78, 5) is 0. The summed E-state index contributed by atoms with van der Waals surface area (Å²) < 4.78 is 5.36. The van der Waals surface area contributed by atoms with E-state index in [4.69, 9.17) is 14.9 Å². The van der Waals surface area contributed by atoms with Crippen LogP contribution in [0.25, 0.3) is 0 Å². The van der Waals surface area contributed by atoms with E-state index in [2.05, 4.69) is 5.32 Å². The molecule has 0 aliphatic carbocycles. The molecule has 0 aromatic heterocycles. The standard InChI is InChI=1S/C14H23NO4/c1-10(2)19-9-15-4-3-11-5-12(7-16)14(18)13(6-11)8-17/h5-6,10,15-18H,3-4,7-9H2,1-2H3. The Hall–Kier alpha value is -1.14. The summed E-state index contributed by atoms with van der Waals surface area (Å²) in [5.74, 6) is -0.0233. The van der Waals surface area contributed by atoms with Crippen LogP contribution >= 0.6 is 0 Å². The van der Waals surface area contributed by atoms with Gasteiger partial charge in [0.2, 0.25) is 0 Å². The molecule has 1 aromatic rings. The van der Waals surface area contributed by atoms with Gasteiger partial charge in [0.05, 0.1) is 26.0 Å². The Labute approximate surface area is 113 Å². The van der Waals surface area contributed by atoms with Gasteiger partial charge in [-0.1, -0.05) is 0 Å². The maximum absolute atomic E-state index is 9.73. The highest BCUT2D eigenvalue weighted by Crippen LogP contribution is 2.25. The van der Waals surface area contributed by atoms with Crippen LogP contribution in [0.5, 0.6) is 5.75 Å². The summed E-state index contributed by atoms with van der Waals surface area (Å²) in [6, 6.07) is 3.50. The monoisotopic (exact) mass is 269 g/mol. The van der Waals surface area contributed by atoms with Gasteiger partial charge in [-0.05, 0) is 38.0 Å². The van der Waals surface area contributed by atoms with Crippen LogP contribution in [0.4, 0.5) is 0 Å². The second-order valence-corrected chi connectivity index (χ2v) is 4.69. The van der Waals surface area contributed by atoms with Crippen molar-refractivity contribution in [2.24, 2.45) is 0 Å². The first-order chi connectivity index (χ1) is 9.08. The largest absolute Gasteiger partial charge is 0.507 e. The van der Waals surface area contributed by atoms with E-state index in [9.17, 15) is 5.11 Å². The van der Waals surface area contributed by atoms with Crippen LogP contribution in [0.1, 0.15) is 30.5 Å². The highest BCUT2D eigenvalue weighted by Gasteiger charge is 2.08. The predicted octanol–water partition coefficient (Wildman–Crippen LogP) is 0.891. The van der Waals surface area contributed by atoms with E-state index in [1.54, 1.807) is 12.1 Å². The topological polar surface area (TPSA) is 82.0 Å². The molecule has 5 nitrogen and oxygen atoms in total. The van der Waals surface area contributed by atoms with Crippen LogP contribution in [0.15, 0.2) is 12.1 Å². The average Bonchev–Trinajstić information content (AvgIpc) is 2.39. The minimum Gasteiger partial charge on any atom is -0.507 e. The maximum atomic E-state index is 9.73. The van der Waals surface area contributed by atoms with Crippen molar-refractivity contribution in [2.75, 3.05) is 13.3 Å². The molecule has 108 valence electrons. The third-order valence-electron chi connectivity index (χ3n) is 2.78. The normalized spacial score (nSPS) is 11.2. The van der Waals surface area contributed by atoms with Crippen LogP contribution < -0.4 is 5.32 Å². The average molecular weight is 269 g/mol. The molecule has 5 heteroatoms. The third kappa shape index (κ3) is 5.16. The Kier molecular flexibility index (Phi) is 6.80. The summed E-state index contributed by atoms with van der Waals surface area (Å²) in [5, 5.41) is 31.2. The molecule has 0 fully saturated rings. The number of benzene rings is 1. The van der Waals surface area contributed by atoms with Gasteiger partial charge in [0.25, 0.3) is 0 Å². The zero-order valence-electron chi connectivity index (χ0n) is 11.5. The Balaban J connectivity index is 2.54. The molecule has 19 heavy (non-hydrogen) atoms. The van der Waals surface area contributed by atoms with Crippen molar-refractivity contribution < 1.29 is 20.1 Å². The number of rotatable bonds is 8. The molecule has 0 unspecified atom stereocenters. The van der Waals surface area contributed by atoms with E-state index in [1.807, 2.05) is 13.8 Å². The first-order valence-corrected chi connectivity index (χ1v) is 6.46. The first-order valence-electron chi connectivity index (χ1n) is 6.46. The number of phenols is 1. The first kappa shape index (κ1) is 15.9. The van der Waals surface area contributed by atoms with E-state index >= 15 is 0 Å². The van der Waals surface area contributed by atoms with Crippen LogP contribution in [0, 0.1) is 0 Å². The molecule has 4 N–H and O–H groups in total. The van der Waals surface area contributed by atoms with Gasteiger partial charge in [0, 0.05) is 17.7 Å². The number of nitrogens with one attached hydrogen (secondary N) is 1. The molecule has 1 aromatic carbocycles. The molecule has 0 spiro atoms. The van der Waals surface area contributed by atoms with Gasteiger partial charge < -0.3 is 20.1 Å². The highest BCUT2D eigenvalue weighted by molar-refractivity contribution is 5.43. The minimum atomic E-state index is -0.240. The van der Waals surface area contributed by atoms with Crippen molar-refractivity contribution >= 4 is 0 Å². The molecular weight excluding hydrogens is 246 g/mol. The van der Waals surface area contributed by atoms with E-state index in [0.29, 0.717) is 17.9 Å². The summed E-state index contributed by atoms with van der Waals surface area (Å²) >= 11 is 0. The van der Waals surface area contributed by atoms with Crippen LogP contribution in [-0.2, 0) is 24.4 Å². The van der Waals surface area contributed by atoms with Crippen molar-refractivity contribution in [3.8, 4) is 5.75 Å². The molecule has 1 rings (SSSR count). The lowest BCUT2D eigenvalue weighted by molar-refractivity contribution is 0.0649. The fraction of sp³-hybridized carbons (Fsp3) is 0.571. The molecule has 0 bridgehead atoms. The highest BCUT2D eigenvalue weighted by atomic mass is 16.5. The number of aliphatic hydroxyl groups excluding tert-OH is 2. The van der Waals surface area contributed by atoms with Crippen molar-refractivity contribution in [3.05, 3.63) is 28.8 Å². The molecule has 0 saturated heterocycles. The molecule has 0 saturated carbocycles. The quantitative estimate of drug-likeness (QED) is 0.416. The lowest BCUT2D eigenvalue weighted by Gasteiger charge is -2.12. The lowest BCUT2D eigenvalue weighted by atomic mass is 10.0. The summed E-state index contributed by atoms with van der Waals surface area (Å²) in [6.45, 7) is 4.70. The second kappa shape index (κ2) is 8.12. The molecule has 0 aliphatic rings. The number of aromatic hydroxyl groups is 1. The number of hydrogen-bond acceptors (Lipinski definition) is 5. The van der Waals surface area contributed by atoms with E-state index in [-0.39, 0.29) is 25.1 Å². The Morgan fingerprint density at radius 1 is 1.16 bits per heavy atom. The fourth-order valence-corrected chi connectivity index (χ4v) is 1.75. The lowest BCUT2D eigenvalue weighted by Crippen LogP contribution is -2.23. The molecule has 0 radical (unpaired) electrons. The van der Waals surface area contributed by atoms with Crippen molar-refractivity contribution in [3.63, 3.8) is 0 Å². The van der Waals surface area contributed by atoms with Gasteiger partial charge in [0.1, 0.15) is 5.75 Å². The zero-order chi connectivity index (χ0) is 14.3. The van der Waals surface area contributed by atoms with Crippen molar-refractivity contribution in [2.45, 2.75) is 39.6 Å². The minimum absolute atomic E-state index is 0.0233. The van der Waals surface area contributed by atoms with Gasteiger partial charge >= 0.3 is 0 Å². The van der Waals surface area contributed by atoms with E-state index < -0.39 is 0 Å². The summed E-state index contributed by atoms with van der Waals surface area (Å²) in [5.41, 5.74) is 1.85. The van der Waals surface area contributed by atoms with Gasteiger partial charge in [-0.3, -0.25) is 5.32 Å². The molecular formula is C14H23NO4. The van der Waals surface area contributed by atoms with Crippen LogP contribution in [0.2, 0.25) is 0 Å². The fourth-order valence-electron chi connectivity index (χ4n) is 1.75.